The monoisotopic (exact) mass is 406 g/mol. The molecule has 0 aromatic rings. The third kappa shape index (κ3) is 9.19. The topological polar surface area (TPSA) is 112 Å². The van der Waals surface area contributed by atoms with Crippen molar-refractivity contribution in [2.24, 2.45) is 5.92 Å². The molecule has 0 aliphatic rings. The zero-order chi connectivity index (χ0) is 20.7. The van der Waals surface area contributed by atoms with Crippen molar-refractivity contribution in [3.05, 3.63) is 0 Å². The van der Waals surface area contributed by atoms with Crippen LogP contribution in [0.1, 0.15) is 104 Å². The molecule has 160 valence electrons. The van der Waals surface area contributed by atoms with Gasteiger partial charge in [-0.15, -0.1) is 0 Å². The van der Waals surface area contributed by atoms with Gasteiger partial charge in [-0.3, -0.25) is 9.59 Å². The van der Waals surface area contributed by atoms with Gasteiger partial charge in [0.25, 0.3) is 0 Å². The zero-order valence-corrected chi connectivity index (χ0v) is 17.8. The van der Waals surface area contributed by atoms with Gasteiger partial charge in [-0.2, -0.15) is 0 Å². The molecule has 0 aromatic carbocycles. The molecular formula is C20H38O6S. The average molecular weight is 407 g/mol. The summed E-state index contributed by atoms with van der Waals surface area (Å²) in [5.41, 5.74) is 0. The van der Waals surface area contributed by atoms with Crippen LogP contribution in [0.2, 0.25) is 0 Å². The molecule has 3 atom stereocenters. The fourth-order valence-electron chi connectivity index (χ4n) is 3.57. The Morgan fingerprint density at radius 1 is 0.815 bits per heavy atom. The molecule has 0 spiro atoms. The fourth-order valence-corrected chi connectivity index (χ4v) is 4.50. The van der Waals surface area contributed by atoms with Crippen molar-refractivity contribution in [1.29, 1.82) is 0 Å². The van der Waals surface area contributed by atoms with Gasteiger partial charge in [0.05, 0.1) is 5.92 Å². The van der Waals surface area contributed by atoms with Gasteiger partial charge >= 0.3 is 11.9 Å². The quantitative estimate of drug-likeness (QED) is 0.212. The van der Waals surface area contributed by atoms with Crippen LogP contribution in [0, 0.1) is 5.92 Å². The summed E-state index contributed by atoms with van der Waals surface area (Å²) >= 11 is -2.74. The van der Waals surface area contributed by atoms with E-state index in [2.05, 4.69) is 13.8 Å². The smallest absolute Gasteiger partial charge is 0.325 e. The van der Waals surface area contributed by atoms with Crippen molar-refractivity contribution < 1.29 is 28.6 Å². The highest BCUT2D eigenvalue weighted by atomic mass is 32.2. The van der Waals surface area contributed by atoms with Gasteiger partial charge < -0.3 is 14.8 Å². The molecule has 0 aliphatic carbocycles. The molecule has 0 bridgehead atoms. The van der Waals surface area contributed by atoms with Crippen LogP contribution in [-0.2, 0) is 20.7 Å². The second-order valence-electron chi connectivity index (χ2n) is 7.41. The lowest BCUT2D eigenvalue weighted by molar-refractivity contribution is -0.152. The first-order valence-corrected chi connectivity index (χ1v) is 11.5. The van der Waals surface area contributed by atoms with E-state index < -0.39 is 33.7 Å². The van der Waals surface area contributed by atoms with Gasteiger partial charge in [0, 0.05) is 0 Å². The molecule has 6 nitrogen and oxygen atoms in total. The highest BCUT2D eigenvalue weighted by molar-refractivity contribution is 7.81. The number of carboxylic acid groups (broad SMARTS) is 2. The average Bonchev–Trinajstić information content (AvgIpc) is 2.60. The summed E-state index contributed by atoms with van der Waals surface area (Å²) in [6, 6.07) is 0. The van der Waals surface area contributed by atoms with Crippen molar-refractivity contribution in [3.8, 4) is 0 Å². The Balaban J connectivity index is 4.97. The Kier molecular flexibility index (Phi) is 14.5. The molecule has 0 radical (unpaired) electrons. The molecule has 0 saturated heterocycles. The number of rotatable bonds is 18. The van der Waals surface area contributed by atoms with Gasteiger partial charge in [-0.25, -0.2) is 4.21 Å². The third-order valence-corrected chi connectivity index (χ3v) is 6.57. The molecule has 0 rings (SSSR count). The van der Waals surface area contributed by atoms with Gasteiger partial charge in [-0.05, 0) is 12.8 Å². The molecule has 0 aromatic heterocycles. The first-order chi connectivity index (χ1) is 12.8. The molecule has 0 amide bonds. The number of hydrogen-bond donors (Lipinski definition) is 3. The lowest BCUT2D eigenvalue weighted by atomic mass is 9.82. The minimum absolute atomic E-state index is 0.0790. The standard InChI is InChI=1S/C20H38O6S/c1-3-5-7-9-11-13-15-17(18(21)22)20(19(23)24,27(25)26)16-14-12-10-8-6-4-2/h17H,3-16H2,1-2H3,(H,21,22)(H,23,24)(H,25,26). The Morgan fingerprint density at radius 3 is 1.67 bits per heavy atom. The minimum atomic E-state index is -2.74. The number of carboxylic acids is 2. The second-order valence-corrected chi connectivity index (χ2v) is 8.64. The van der Waals surface area contributed by atoms with E-state index in [9.17, 15) is 28.6 Å². The summed E-state index contributed by atoms with van der Waals surface area (Å²) in [6.07, 6.45) is 11.1. The summed E-state index contributed by atoms with van der Waals surface area (Å²) in [6.45, 7) is 4.21. The highest BCUT2D eigenvalue weighted by Gasteiger charge is 2.54. The van der Waals surface area contributed by atoms with E-state index in [1.54, 1.807) is 0 Å². The predicted molar refractivity (Wildman–Crippen MR) is 108 cm³/mol. The molecule has 27 heavy (non-hydrogen) atoms. The van der Waals surface area contributed by atoms with Gasteiger partial charge in [-0.1, -0.05) is 90.9 Å². The third-order valence-electron chi connectivity index (χ3n) is 5.28. The second kappa shape index (κ2) is 15.0. The number of hydrogen-bond acceptors (Lipinski definition) is 3. The summed E-state index contributed by atoms with van der Waals surface area (Å²) in [5.74, 6) is -4.11. The number of carbonyl (C=O) groups is 2. The van der Waals surface area contributed by atoms with Crippen molar-refractivity contribution >= 4 is 23.0 Å². The number of unbranched alkanes of at least 4 members (excludes halogenated alkanes) is 10. The Bertz CT molecular complexity index is 438. The maximum absolute atomic E-state index is 12.0. The van der Waals surface area contributed by atoms with Crippen LogP contribution in [0.5, 0.6) is 0 Å². The molecule has 3 unspecified atom stereocenters. The van der Waals surface area contributed by atoms with Crippen molar-refractivity contribution in [2.75, 3.05) is 0 Å². The van der Waals surface area contributed by atoms with Crippen molar-refractivity contribution in [2.45, 2.75) is 108 Å². The summed E-state index contributed by atoms with van der Waals surface area (Å²) in [4.78, 5) is 23.7. The van der Waals surface area contributed by atoms with E-state index in [0.29, 0.717) is 12.8 Å². The van der Waals surface area contributed by atoms with Crippen LogP contribution in [-0.4, -0.2) is 35.7 Å². The first kappa shape index (κ1) is 26.1. The Labute approximate surface area is 166 Å². The molecule has 7 heteroatoms. The van der Waals surface area contributed by atoms with Gasteiger partial charge in [0.1, 0.15) is 0 Å². The lowest BCUT2D eigenvalue weighted by Gasteiger charge is -2.31. The van der Waals surface area contributed by atoms with Crippen molar-refractivity contribution in [1.82, 2.24) is 0 Å². The lowest BCUT2D eigenvalue weighted by Crippen LogP contribution is -2.52. The molecule has 0 saturated carbocycles. The maximum Gasteiger partial charge on any atom is 0.325 e. The van der Waals surface area contributed by atoms with Crippen LogP contribution in [0.15, 0.2) is 0 Å². The van der Waals surface area contributed by atoms with Crippen LogP contribution >= 0.6 is 0 Å². The van der Waals surface area contributed by atoms with Crippen LogP contribution in [0.25, 0.3) is 0 Å². The van der Waals surface area contributed by atoms with Gasteiger partial charge in [0.15, 0.2) is 15.8 Å². The van der Waals surface area contributed by atoms with Gasteiger partial charge in [0.2, 0.25) is 0 Å². The highest BCUT2D eigenvalue weighted by Crippen LogP contribution is 2.35. The van der Waals surface area contributed by atoms with Crippen LogP contribution < -0.4 is 0 Å². The predicted octanol–water partition coefficient (Wildman–Crippen LogP) is 5.23. The maximum atomic E-state index is 12.0. The van der Waals surface area contributed by atoms with E-state index in [4.69, 9.17) is 0 Å². The van der Waals surface area contributed by atoms with Crippen LogP contribution in [0.3, 0.4) is 0 Å². The molecule has 0 aliphatic heterocycles. The fraction of sp³-hybridized carbons (Fsp3) is 0.900. The molecular weight excluding hydrogens is 368 g/mol. The number of aliphatic carboxylic acids is 2. The van der Waals surface area contributed by atoms with E-state index in [1.807, 2.05) is 0 Å². The summed E-state index contributed by atoms with van der Waals surface area (Å²) in [7, 11) is 0. The Morgan fingerprint density at radius 2 is 1.26 bits per heavy atom. The van der Waals surface area contributed by atoms with Crippen molar-refractivity contribution in [3.63, 3.8) is 0 Å². The minimum Gasteiger partial charge on any atom is -0.481 e. The van der Waals surface area contributed by atoms with E-state index >= 15 is 0 Å². The largest absolute Gasteiger partial charge is 0.481 e. The molecule has 0 fully saturated rings. The van der Waals surface area contributed by atoms with Crippen LogP contribution in [0.4, 0.5) is 0 Å². The molecule has 3 N–H and O–H groups in total. The normalized spacial score (nSPS) is 15.8. The van der Waals surface area contributed by atoms with E-state index in [1.165, 1.54) is 0 Å². The zero-order valence-electron chi connectivity index (χ0n) is 17.0. The Hall–Kier alpha value is -0.950. The summed E-state index contributed by atoms with van der Waals surface area (Å²) in [5, 5.41) is 19.3. The van der Waals surface area contributed by atoms with E-state index in [0.717, 1.165) is 64.2 Å². The van der Waals surface area contributed by atoms with E-state index in [-0.39, 0.29) is 12.8 Å². The first-order valence-electron chi connectivity index (χ1n) is 10.4. The SMILES string of the molecule is CCCCCCCCC(C(=O)O)C(CCCCCCCC)(C(=O)O)S(=O)O. The summed E-state index contributed by atoms with van der Waals surface area (Å²) < 4.78 is 19.7. The molecule has 0 heterocycles.